The third-order valence-corrected chi connectivity index (χ3v) is 3.85. The molecule has 2 amide bonds. The summed E-state index contributed by atoms with van der Waals surface area (Å²) in [7, 11) is 1.24. The van der Waals surface area contributed by atoms with Crippen LogP contribution in [0.15, 0.2) is 30.3 Å². The van der Waals surface area contributed by atoms with Crippen LogP contribution >= 0.6 is 0 Å². The van der Waals surface area contributed by atoms with E-state index in [4.69, 9.17) is 4.74 Å². The molecule has 1 aromatic carbocycles. The Morgan fingerprint density at radius 1 is 1.07 bits per heavy atom. The predicted molar refractivity (Wildman–Crippen MR) is 114 cm³/mol. The third-order valence-electron chi connectivity index (χ3n) is 3.85. The quantitative estimate of drug-likeness (QED) is 0.405. The molecule has 0 bridgehead atoms. The molecule has 0 aliphatic carbocycles. The highest BCUT2D eigenvalue weighted by atomic mass is 16.6. The monoisotopic (exact) mass is 416 g/mol. The summed E-state index contributed by atoms with van der Waals surface area (Å²) in [5.74, 6) is 4.26. The number of rotatable bonds is 7. The summed E-state index contributed by atoms with van der Waals surface area (Å²) in [4.78, 5) is 36.6. The van der Waals surface area contributed by atoms with Crippen molar-refractivity contribution in [2.24, 2.45) is 5.92 Å². The van der Waals surface area contributed by atoms with Crippen molar-refractivity contribution in [2.75, 3.05) is 7.11 Å². The lowest BCUT2D eigenvalue weighted by Crippen LogP contribution is -2.51. The topological polar surface area (TPSA) is 93.7 Å². The van der Waals surface area contributed by atoms with E-state index >= 15 is 0 Å². The molecule has 0 fully saturated rings. The standard InChI is InChI=1S/C23H32N2O5/c1-16(2)14-18(12-13-20(26)29-6)24-21(27)19(15-17-10-8-7-9-11-17)25-22(28)30-23(3,4)5/h7-11,16,18-19H,14-15H2,1-6H3,(H,24,27)(H,25,28). The Hall–Kier alpha value is -3.01. The van der Waals surface area contributed by atoms with Crippen molar-refractivity contribution in [3.63, 3.8) is 0 Å². The number of benzene rings is 1. The lowest BCUT2D eigenvalue weighted by Gasteiger charge is -2.24. The first-order valence-corrected chi connectivity index (χ1v) is 9.93. The minimum Gasteiger partial charge on any atom is -0.459 e. The lowest BCUT2D eigenvalue weighted by atomic mass is 10.0. The van der Waals surface area contributed by atoms with Gasteiger partial charge in [-0.2, -0.15) is 0 Å². The number of esters is 1. The molecule has 0 heterocycles. The fourth-order valence-corrected chi connectivity index (χ4v) is 2.60. The molecule has 0 saturated heterocycles. The van der Waals surface area contributed by atoms with Crippen LogP contribution in [0.5, 0.6) is 0 Å². The Labute approximate surface area is 178 Å². The molecule has 30 heavy (non-hydrogen) atoms. The van der Waals surface area contributed by atoms with Crippen molar-refractivity contribution in [1.29, 1.82) is 0 Å². The highest BCUT2D eigenvalue weighted by molar-refractivity contribution is 5.89. The van der Waals surface area contributed by atoms with Crippen LogP contribution in [0.1, 0.15) is 46.6 Å². The maximum absolute atomic E-state index is 13.0. The van der Waals surface area contributed by atoms with Crippen LogP contribution in [-0.2, 0) is 25.5 Å². The van der Waals surface area contributed by atoms with Gasteiger partial charge >= 0.3 is 12.1 Å². The molecular formula is C23H32N2O5. The summed E-state index contributed by atoms with van der Waals surface area (Å²) in [5.41, 5.74) is 0.194. The molecule has 7 heteroatoms. The van der Waals surface area contributed by atoms with Crippen LogP contribution in [0.2, 0.25) is 0 Å². The highest BCUT2D eigenvalue weighted by Crippen LogP contribution is 2.10. The van der Waals surface area contributed by atoms with Gasteiger partial charge in [-0.1, -0.05) is 50.1 Å². The summed E-state index contributed by atoms with van der Waals surface area (Å²) in [5, 5.41) is 5.47. The average molecular weight is 417 g/mol. The van der Waals surface area contributed by atoms with Gasteiger partial charge in [0.25, 0.3) is 0 Å². The van der Waals surface area contributed by atoms with Gasteiger partial charge in [0.15, 0.2) is 0 Å². The molecule has 1 aromatic rings. The van der Waals surface area contributed by atoms with Crippen LogP contribution in [0, 0.1) is 17.8 Å². The maximum atomic E-state index is 13.0. The van der Waals surface area contributed by atoms with Gasteiger partial charge in [-0.05, 0) is 38.7 Å². The predicted octanol–water partition coefficient (Wildman–Crippen LogP) is 2.83. The Kier molecular flexibility index (Phi) is 9.90. The van der Waals surface area contributed by atoms with Crippen LogP contribution in [0.3, 0.4) is 0 Å². The van der Waals surface area contributed by atoms with E-state index in [1.165, 1.54) is 7.11 Å². The van der Waals surface area contributed by atoms with Gasteiger partial charge in [0.1, 0.15) is 11.6 Å². The second-order valence-corrected chi connectivity index (χ2v) is 8.34. The van der Waals surface area contributed by atoms with Crippen molar-refractivity contribution < 1.29 is 23.9 Å². The molecule has 0 spiro atoms. The van der Waals surface area contributed by atoms with Gasteiger partial charge in [-0.15, -0.1) is 0 Å². The van der Waals surface area contributed by atoms with E-state index in [2.05, 4.69) is 27.2 Å². The minimum absolute atomic E-state index is 0.230. The zero-order valence-electron chi connectivity index (χ0n) is 18.6. The number of alkyl carbamates (subject to hydrolysis) is 1. The molecule has 0 saturated carbocycles. The SMILES string of the molecule is COC(=O)C#CC(CC(C)C)NC(=O)C(Cc1ccccc1)NC(=O)OC(C)(C)C. The molecule has 7 nitrogen and oxygen atoms in total. The highest BCUT2D eigenvalue weighted by Gasteiger charge is 2.26. The van der Waals surface area contributed by atoms with E-state index in [0.29, 0.717) is 6.42 Å². The number of hydrogen-bond donors (Lipinski definition) is 2. The summed E-state index contributed by atoms with van der Waals surface area (Å²) in [6.07, 6.45) is 0.143. The first-order valence-electron chi connectivity index (χ1n) is 9.93. The first kappa shape index (κ1) is 25.0. The second-order valence-electron chi connectivity index (χ2n) is 8.34. The minimum atomic E-state index is -0.864. The Bertz CT molecular complexity index is 772. The molecule has 2 unspecified atom stereocenters. The second kappa shape index (κ2) is 11.9. The number of hydrogen-bond acceptors (Lipinski definition) is 5. The van der Waals surface area contributed by atoms with Gasteiger partial charge < -0.3 is 20.1 Å². The van der Waals surface area contributed by atoms with Gasteiger partial charge in [0, 0.05) is 12.3 Å². The van der Waals surface area contributed by atoms with Crippen molar-refractivity contribution >= 4 is 18.0 Å². The van der Waals surface area contributed by atoms with Crippen molar-refractivity contribution in [1.82, 2.24) is 10.6 Å². The molecule has 2 N–H and O–H groups in total. The molecule has 0 aliphatic heterocycles. The van der Waals surface area contributed by atoms with Crippen LogP contribution < -0.4 is 10.6 Å². The van der Waals surface area contributed by atoms with E-state index < -0.39 is 35.7 Å². The third kappa shape index (κ3) is 10.5. The lowest BCUT2D eigenvalue weighted by molar-refractivity contribution is -0.133. The van der Waals surface area contributed by atoms with E-state index in [-0.39, 0.29) is 12.3 Å². The Morgan fingerprint density at radius 2 is 1.70 bits per heavy atom. The molecule has 2 atom stereocenters. The van der Waals surface area contributed by atoms with E-state index in [1.54, 1.807) is 20.8 Å². The number of carbonyl (C=O) groups excluding carboxylic acids is 3. The van der Waals surface area contributed by atoms with Crippen molar-refractivity contribution in [2.45, 2.75) is 65.1 Å². The van der Waals surface area contributed by atoms with Gasteiger partial charge in [0.05, 0.1) is 13.2 Å². The summed E-state index contributed by atoms with van der Waals surface area (Å²) < 4.78 is 9.84. The van der Waals surface area contributed by atoms with Crippen LogP contribution in [-0.4, -0.2) is 42.8 Å². The van der Waals surface area contributed by atoms with Crippen molar-refractivity contribution in [3.05, 3.63) is 35.9 Å². The van der Waals surface area contributed by atoms with E-state index in [1.807, 2.05) is 44.2 Å². The van der Waals surface area contributed by atoms with E-state index in [9.17, 15) is 14.4 Å². The number of nitrogens with one attached hydrogen (secondary N) is 2. The van der Waals surface area contributed by atoms with Crippen LogP contribution in [0.25, 0.3) is 0 Å². The van der Waals surface area contributed by atoms with E-state index in [0.717, 1.165) is 5.56 Å². The number of ether oxygens (including phenoxy) is 2. The average Bonchev–Trinajstić information content (AvgIpc) is 2.64. The van der Waals surface area contributed by atoms with Gasteiger partial charge in [-0.3, -0.25) is 4.79 Å². The molecule has 1 rings (SSSR count). The zero-order chi connectivity index (χ0) is 22.7. The molecule has 0 aliphatic rings. The van der Waals surface area contributed by atoms with Crippen molar-refractivity contribution in [3.8, 4) is 11.8 Å². The fraction of sp³-hybridized carbons (Fsp3) is 0.522. The molecule has 0 aromatic heterocycles. The molecule has 164 valence electrons. The summed E-state index contributed by atoms with van der Waals surface area (Å²) >= 11 is 0. The Morgan fingerprint density at radius 3 is 2.23 bits per heavy atom. The Balaban J connectivity index is 3.00. The number of methoxy groups -OCH3 is 1. The smallest absolute Gasteiger partial charge is 0.408 e. The van der Waals surface area contributed by atoms with Crippen LogP contribution in [0.4, 0.5) is 4.79 Å². The largest absolute Gasteiger partial charge is 0.459 e. The summed E-state index contributed by atoms with van der Waals surface area (Å²) in [6.45, 7) is 9.22. The number of amides is 2. The van der Waals surface area contributed by atoms with Gasteiger partial charge in [0.2, 0.25) is 5.91 Å². The summed E-state index contributed by atoms with van der Waals surface area (Å²) in [6, 6.07) is 7.93. The maximum Gasteiger partial charge on any atom is 0.408 e. The number of carbonyl (C=O) groups is 3. The normalized spacial score (nSPS) is 12.8. The first-order chi connectivity index (χ1) is 14.0. The zero-order valence-corrected chi connectivity index (χ0v) is 18.6. The molecule has 0 radical (unpaired) electrons. The van der Waals surface area contributed by atoms with Gasteiger partial charge in [-0.25, -0.2) is 9.59 Å². The molecular weight excluding hydrogens is 384 g/mol. The fourth-order valence-electron chi connectivity index (χ4n) is 2.60.